The summed E-state index contributed by atoms with van der Waals surface area (Å²) in [5, 5.41) is 16.1. The zero-order valence-corrected chi connectivity index (χ0v) is 20.6. The summed E-state index contributed by atoms with van der Waals surface area (Å²) < 4.78 is 11.9. The summed E-state index contributed by atoms with van der Waals surface area (Å²) in [7, 11) is 0. The number of anilines is 2. The number of rotatable bonds is 10. The fourth-order valence-electron chi connectivity index (χ4n) is 3.47. The first kappa shape index (κ1) is 25.2. The number of pyridine rings is 1. The van der Waals surface area contributed by atoms with Crippen LogP contribution in [0.3, 0.4) is 0 Å². The Morgan fingerprint density at radius 2 is 1.89 bits per heavy atom. The van der Waals surface area contributed by atoms with Gasteiger partial charge in [0, 0.05) is 11.9 Å². The van der Waals surface area contributed by atoms with E-state index in [4.69, 9.17) is 26.2 Å². The van der Waals surface area contributed by atoms with Crippen LogP contribution in [0.1, 0.15) is 19.5 Å². The van der Waals surface area contributed by atoms with E-state index in [1.54, 1.807) is 32.2 Å². The summed E-state index contributed by atoms with van der Waals surface area (Å²) in [6.07, 6.45) is 3.18. The average Bonchev–Trinajstić information content (AvgIpc) is 2.87. The Morgan fingerprint density at radius 1 is 1.03 bits per heavy atom. The van der Waals surface area contributed by atoms with Gasteiger partial charge in [0.2, 0.25) is 5.91 Å². The van der Waals surface area contributed by atoms with Crippen LogP contribution < -0.4 is 20.1 Å². The number of nitrogens with one attached hydrogen (secondary N) is 2. The van der Waals surface area contributed by atoms with Gasteiger partial charge in [-0.05, 0) is 56.3 Å². The standard InChI is InChI=1S/C26H26ClN5O4/c1-26(2,32-23(34)13-33)15-36-22-8-5-7-20-24(22)25(30-16-29-20)31-17-9-10-21(19(27)12-17)35-14-18-6-3-4-11-28-18/h3-12,16,33H,13-15H2,1-2H3,(H,32,34)(H,29,30,31). The number of aromatic nitrogens is 3. The molecule has 0 aliphatic heterocycles. The summed E-state index contributed by atoms with van der Waals surface area (Å²) in [5.74, 6) is 1.14. The zero-order chi connectivity index (χ0) is 25.5. The van der Waals surface area contributed by atoms with Crippen LogP contribution in [0.4, 0.5) is 11.5 Å². The molecule has 0 fully saturated rings. The summed E-state index contributed by atoms with van der Waals surface area (Å²) in [4.78, 5) is 24.6. The number of carbonyl (C=O) groups is 1. The van der Waals surface area contributed by atoms with E-state index in [1.165, 1.54) is 6.33 Å². The molecule has 36 heavy (non-hydrogen) atoms. The number of carbonyl (C=O) groups excluding carboxylic acids is 1. The van der Waals surface area contributed by atoms with Gasteiger partial charge in [0.25, 0.3) is 0 Å². The largest absolute Gasteiger partial charge is 0.490 e. The molecule has 0 radical (unpaired) electrons. The highest BCUT2D eigenvalue weighted by Crippen LogP contribution is 2.34. The third-order valence-electron chi connectivity index (χ3n) is 5.13. The lowest BCUT2D eigenvalue weighted by atomic mass is 10.1. The van der Waals surface area contributed by atoms with Gasteiger partial charge in [0.1, 0.15) is 43.5 Å². The van der Waals surface area contributed by atoms with E-state index < -0.39 is 18.1 Å². The molecule has 0 atom stereocenters. The molecule has 0 spiro atoms. The predicted molar refractivity (Wildman–Crippen MR) is 138 cm³/mol. The smallest absolute Gasteiger partial charge is 0.246 e. The Morgan fingerprint density at radius 3 is 2.64 bits per heavy atom. The van der Waals surface area contributed by atoms with Crippen molar-refractivity contribution in [2.45, 2.75) is 26.0 Å². The highest BCUT2D eigenvalue weighted by atomic mass is 35.5. The summed E-state index contributed by atoms with van der Waals surface area (Å²) in [5.41, 5.74) is 1.48. The summed E-state index contributed by atoms with van der Waals surface area (Å²) in [6.45, 7) is 3.50. The Labute approximate surface area is 213 Å². The maximum absolute atomic E-state index is 11.6. The number of aliphatic hydroxyl groups is 1. The quantitative estimate of drug-likeness (QED) is 0.291. The number of nitrogens with zero attached hydrogens (tertiary/aromatic N) is 3. The summed E-state index contributed by atoms with van der Waals surface area (Å²) in [6, 6.07) is 16.5. The van der Waals surface area contributed by atoms with Crippen molar-refractivity contribution >= 4 is 39.9 Å². The van der Waals surface area contributed by atoms with E-state index in [0.29, 0.717) is 45.5 Å². The Balaban J connectivity index is 1.52. The molecular weight excluding hydrogens is 482 g/mol. The van der Waals surface area contributed by atoms with Crippen LogP contribution in [0, 0.1) is 0 Å². The average molecular weight is 508 g/mol. The minimum absolute atomic E-state index is 0.167. The van der Waals surface area contributed by atoms with Gasteiger partial charge in [0.05, 0.1) is 27.2 Å². The van der Waals surface area contributed by atoms with Gasteiger partial charge in [-0.3, -0.25) is 9.78 Å². The highest BCUT2D eigenvalue weighted by Gasteiger charge is 2.22. The molecule has 10 heteroatoms. The number of benzene rings is 2. The second-order valence-electron chi connectivity index (χ2n) is 8.63. The minimum atomic E-state index is -0.705. The number of ether oxygens (including phenoxy) is 2. The Kier molecular flexibility index (Phi) is 7.82. The van der Waals surface area contributed by atoms with Crippen LogP contribution in [0.15, 0.2) is 67.1 Å². The fourth-order valence-corrected chi connectivity index (χ4v) is 3.71. The lowest BCUT2D eigenvalue weighted by Gasteiger charge is -2.26. The van der Waals surface area contributed by atoms with E-state index in [1.807, 2.05) is 42.5 Å². The molecule has 0 aliphatic carbocycles. The van der Waals surface area contributed by atoms with E-state index in [0.717, 1.165) is 5.69 Å². The lowest BCUT2D eigenvalue weighted by Crippen LogP contribution is -2.48. The maximum atomic E-state index is 11.6. The van der Waals surface area contributed by atoms with Gasteiger partial charge in [-0.15, -0.1) is 0 Å². The summed E-state index contributed by atoms with van der Waals surface area (Å²) >= 11 is 6.47. The van der Waals surface area contributed by atoms with E-state index >= 15 is 0 Å². The van der Waals surface area contributed by atoms with E-state index in [-0.39, 0.29) is 6.61 Å². The normalized spacial score (nSPS) is 11.2. The molecule has 0 aliphatic rings. The van der Waals surface area contributed by atoms with Gasteiger partial charge in [0.15, 0.2) is 0 Å². The molecule has 1 amide bonds. The molecule has 3 N–H and O–H groups in total. The number of halogens is 1. The third-order valence-corrected chi connectivity index (χ3v) is 5.43. The molecule has 4 aromatic rings. The molecule has 4 rings (SSSR count). The number of hydrogen-bond acceptors (Lipinski definition) is 8. The number of amides is 1. The first-order chi connectivity index (χ1) is 17.3. The second kappa shape index (κ2) is 11.2. The Bertz CT molecular complexity index is 1350. The molecule has 9 nitrogen and oxygen atoms in total. The predicted octanol–water partition coefficient (Wildman–Crippen LogP) is 4.27. The number of fused-ring (bicyclic) bond motifs is 1. The van der Waals surface area contributed by atoms with E-state index in [2.05, 4.69) is 25.6 Å². The van der Waals surface area contributed by atoms with Gasteiger partial charge in [-0.1, -0.05) is 23.7 Å². The zero-order valence-electron chi connectivity index (χ0n) is 19.9. The second-order valence-corrected chi connectivity index (χ2v) is 9.04. The molecule has 0 unspecified atom stereocenters. The van der Waals surface area contributed by atoms with Crippen LogP contribution in [0.2, 0.25) is 5.02 Å². The van der Waals surface area contributed by atoms with Gasteiger partial charge in [-0.25, -0.2) is 9.97 Å². The molecular formula is C26H26ClN5O4. The fraction of sp³-hybridized carbons (Fsp3) is 0.231. The van der Waals surface area contributed by atoms with Crippen LogP contribution in [0.25, 0.3) is 10.9 Å². The maximum Gasteiger partial charge on any atom is 0.246 e. The van der Waals surface area contributed by atoms with Crippen molar-refractivity contribution in [3.05, 3.63) is 77.8 Å². The monoisotopic (exact) mass is 507 g/mol. The third kappa shape index (κ3) is 6.38. The van der Waals surface area contributed by atoms with Crippen LogP contribution >= 0.6 is 11.6 Å². The lowest BCUT2D eigenvalue weighted by molar-refractivity contribution is -0.125. The van der Waals surface area contributed by atoms with Gasteiger partial charge in [-0.2, -0.15) is 0 Å². The van der Waals surface area contributed by atoms with Crippen molar-refractivity contribution in [1.29, 1.82) is 0 Å². The van der Waals surface area contributed by atoms with Crippen molar-refractivity contribution in [2.75, 3.05) is 18.5 Å². The first-order valence-corrected chi connectivity index (χ1v) is 11.6. The van der Waals surface area contributed by atoms with Crippen LogP contribution in [-0.2, 0) is 11.4 Å². The van der Waals surface area contributed by atoms with E-state index in [9.17, 15) is 4.79 Å². The van der Waals surface area contributed by atoms with Crippen molar-refractivity contribution in [3.8, 4) is 11.5 Å². The van der Waals surface area contributed by atoms with Crippen molar-refractivity contribution in [1.82, 2.24) is 20.3 Å². The number of aliphatic hydroxyl groups excluding tert-OH is 1. The molecule has 0 saturated heterocycles. The van der Waals surface area contributed by atoms with Gasteiger partial charge >= 0.3 is 0 Å². The minimum Gasteiger partial charge on any atom is -0.490 e. The molecule has 186 valence electrons. The van der Waals surface area contributed by atoms with Gasteiger partial charge < -0.3 is 25.2 Å². The van der Waals surface area contributed by atoms with Crippen molar-refractivity contribution in [2.24, 2.45) is 0 Å². The first-order valence-electron chi connectivity index (χ1n) is 11.2. The molecule has 2 heterocycles. The van der Waals surface area contributed by atoms with Crippen molar-refractivity contribution < 1.29 is 19.4 Å². The molecule has 2 aromatic heterocycles. The Hall–Kier alpha value is -3.95. The van der Waals surface area contributed by atoms with Crippen LogP contribution in [0.5, 0.6) is 11.5 Å². The van der Waals surface area contributed by atoms with Crippen LogP contribution in [-0.4, -0.2) is 44.7 Å². The SMILES string of the molecule is CC(C)(COc1cccc2ncnc(Nc3ccc(OCc4ccccn4)c(Cl)c3)c12)NC(=O)CO. The molecule has 0 saturated carbocycles. The number of hydrogen-bond donors (Lipinski definition) is 3. The molecule has 0 bridgehead atoms. The topological polar surface area (TPSA) is 118 Å². The highest BCUT2D eigenvalue weighted by molar-refractivity contribution is 6.32. The van der Waals surface area contributed by atoms with Crippen molar-refractivity contribution in [3.63, 3.8) is 0 Å². The molecule has 2 aromatic carbocycles.